The van der Waals surface area contributed by atoms with Gasteiger partial charge < -0.3 is 10.2 Å². The highest BCUT2D eigenvalue weighted by Crippen LogP contribution is 2.34. The summed E-state index contributed by atoms with van der Waals surface area (Å²) in [5.41, 5.74) is 5.60. The van der Waals surface area contributed by atoms with Crippen LogP contribution < -0.4 is 10.2 Å². The molecule has 0 spiro atoms. The molecule has 0 bridgehead atoms. The molecule has 1 aliphatic rings. The molecular formula is C18H22N2. The van der Waals surface area contributed by atoms with Crippen LogP contribution in [0.25, 0.3) is 0 Å². The second-order valence-electron chi connectivity index (χ2n) is 5.54. The number of benzene rings is 2. The average molecular weight is 266 g/mol. The van der Waals surface area contributed by atoms with E-state index < -0.39 is 0 Å². The van der Waals surface area contributed by atoms with Crippen LogP contribution in [0.5, 0.6) is 0 Å². The standard InChI is InChI=1S/C18H22N2/c1-14-7-3-4-8-15(14)13-20-12-11-17(19-2)16-9-5-6-10-18(16)20/h3-10,17,19H,11-13H2,1-2H3. The zero-order chi connectivity index (χ0) is 13.9. The molecule has 1 atom stereocenters. The lowest BCUT2D eigenvalue weighted by atomic mass is 9.95. The van der Waals surface area contributed by atoms with Crippen LogP contribution in [0.4, 0.5) is 5.69 Å². The van der Waals surface area contributed by atoms with Gasteiger partial charge in [-0.25, -0.2) is 0 Å². The minimum absolute atomic E-state index is 0.485. The predicted molar refractivity (Wildman–Crippen MR) is 85.1 cm³/mol. The van der Waals surface area contributed by atoms with E-state index in [9.17, 15) is 0 Å². The highest BCUT2D eigenvalue weighted by molar-refractivity contribution is 5.57. The largest absolute Gasteiger partial charge is 0.367 e. The van der Waals surface area contributed by atoms with Gasteiger partial charge in [-0.05, 0) is 43.1 Å². The van der Waals surface area contributed by atoms with Gasteiger partial charge in [0, 0.05) is 24.8 Å². The number of fused-ring (bicyclic) bond motifs is 1. The summed E-state index contributed by atoms with van der Waals surface area (Å²) >= 11 is 0. The van der Waals surface area contributed by atoms with Crippen molar-refractivity contribution in [2.24, 2.45) is 0 Å². The van der Waals surface area contributed by atoms with E-state index in [1.54, 1.807) is 0 Å². The Morgan fingerprint density at radius 2 is 1.85 bits per heavy atom. The van der Waals surface area contributed by atoms with Crippen LogP contribution in [-0.4, -0.2) is 13.6 Å². The van der Waals surface area contributed by atoms with Gasteiger partial charge in [0.1, 0.15) is 0 Å². The second-order valence-corrected chi connectivity index (χ2v) is 5.54. The first-order valence-corrected chi connectivity index (χ1v) is 7.35. The van der Waals surface area contributed by atoms with Crippen molar-refractivity contribution >= 4 is 5.69 Å². The number of rotatable bonds is 3. The maximum Gasteiger partial charge on any atom is 0.0432 e. The number of anilines is 1. The number of hydrogen-bond donors (Lipinski definition) is 1. The third-order valence-electron chi connectivity index (χ3n) is 4.31. The Labute approximate surface area is 121 Å². The number of nitrogens with one attached hydrogen (secondary N) is 1. The first kappa shape index (κ1) is 13.2. The Morgan fingerprint density at radius 3 is 2.65 bits per heavy atom. The van der Waals surface area contributed by atoms with Crippen molar-refractivity contribution in [3.63, 3.8) is 0 Å². The Balaban J connectivity index is 1.90. The average Bonchev–Trinajstić information content (AvgIpc) is 2.50. The van der Waals surface area contributed by atoms with Gasteiger partial charge in [-0.3, -0.25) is 0 Å². The van der Waals surface area contributed by atoms with E-state index in [1.165, 1.54) is 28.8 Å². The fourth-order valence-corrected chi connectivity index (χ4v) is 3.09. The van der Waals surface area contributed by atoms with Gasteiger partial charge in [0.05, 0.1) is 0 Å². The molecule has 20 heavy (non-hydrogen) atoms. The molecule has 0 aromatic heterocycles. The molecule has 3 rings (SSSR count). The number of nitrogens with zero attached hydrogens (tertiary/aromatic N) is 1. The highest BCUT2D eigenvalue weighted by Gasteiger charge is 2.23. The van der Waals surface area contributed by atoms with Crippen LogP contribution in [0.1, 0.15) is 29.2 Å². The molecule has 0 amide bonds. The van der Waals surface area contributed by atoms with Crippen molar-refractivity contribution in [1.82, 2.24) is 5.32 Å². The summed E-state index contributed by atoms with van der Waals surface area (Å²) in [4.78, 5) is 2.51. The van der Waals surface area contributed by atoms with E-state index in [4.69, 9.17) is 0 Å². The Hall–Kier alpha value is -1.80. The topological polar surface area (TPSA) is 15.3 Å². The molecule has 0 radical (unpaired) electrons. The molecule has 0 saturated heterocycles. The summed E-state index contributed by atoms with van der Waals surface area (Å²) in [7, 11) is 2.05. The molecule has 104 valence electrons. The zero-order valence-corrected chi connectivity index (χ0v) is 12.3. The third-order valence-corrected chi connectivity index (χ3v) is 4.31. The lowest BCUT2D eigenvalue weighted by Gasteiger charge is -2.36. The van der Waals surface area contributed by atoms with Gasteiger partial charge >= 0.3 is 0 Å². The summed E-state index contributed by atoms with van der Waals surface area (Å²) in [6.07, 6.45) is 1.17. The van der Waals surface area contributed by atoms with Crippen LogP contribution in [-0.2, 0) is 6.54 Å². The molecular weight excluding hydrogens is 244 g/mol. The molecule has 0 aliphatic carbocycles. The molecule has 2 nitrogen and oxygen atoms in total. The normalized spacial score (nSPS) is 17.9. The SMILES string of the molecule is CNC1CCN(Cc2ccccc2C)c2ccccc21. The molecule has 1 N–H and O–H groups in total. The Morgan fingerprint density at radius 1 is 1.10 bits per heavy atom. The second kappa shape index (κ2) is 5.68. The van der Waals surface area contributed by atoms with E-state index in [0.717, 1.165) is 13.1 Å². The van der Waals surface area contributed by atoms with Crippen molar-refractivity contribution in [2.45, 2.75) is 25.9 Å². The Kier molecular flexibility index (Phi) is 3.75. The summed E-state index contributed by atoms with van der Waals surface area (Å²) in [6, 6.07) is 17.9. The minimum Gasteiger partial charge on any atom is -0.367 e. The van der Waals surface area contributed by atoms with Crippen LogP contribution in [0.3, 0.4) is 0 Å². The maximum absolute atomic E-state index is 3.43. The minimum atomic E-state index is 0.485. The van der Waals surface area contributed by atoms with Gasteiger partial charge in [-0.1, -0.05) is 42.5 Å². The van der Waals surface area contributed by atoms with Gasteiger partial charge in [0.15, 0.2) is 0 Å². The number of para-hydroxylation sites is 1. The van der Waals surface area contributed by atoms with Crippen LogP contribution in [0.2, 0.25) is 0 Å². The Bertz CT molecular complexity index is 591. The zero-order valence-electron chi connectivity index (χ0n) is 12.3. The van der Waals surface area contributed by atoms with E-state index in [-0.39, 0.29) is 0 Å². The van der Waals surface area contributed by atoms with E-state index in [2.05, 4.69) is 72.7 Å². The van der Waals surface area contributed by atoms with E-state index >= 15 is 0 Å². The van der Waals surface area contributed by atoms with Gasteiger partial charge in [0.2, 0.25) is 0 Å². The quantitative estimate of drug-likeness (QED) is 0.912. The van der Waals surface area contributed by atoms with Gasteiger partial charge in [-0.15, -0.1) is 0 Å². The summed E-state index contributed by atoms with van der Waals surface area (Å²) in [5.74, 6) is 0. The number of aryl methyl sites for hydroxylation is 1. The molecule has 0 saturated carbocycles. The summed E-state index contributed by atoms with van der Waals surface area (Å²) in [6.45, 7) is 4.30. The van der Waals surface area contributed by atoms with Crippen molar-refractivity contribution < 1.29 is 0 Å². The monoisotopic (exact) mass is 266 g/mol. The lowest BCUT2D eigenvalue weighted by Crippen LogP contribution is -2.34. The van der Waals surface area contributed by atoms with E-state index in [1.807, 2.05) is 0 Å². The predicted octanol–water partition coefficient (Wildman–Crippen LogP) is 3.67. The fourth-order valence-electron chi connectivity index (χ4n) is 3.09. The molecule has 2 heteroatoms. The summed E-state index contributed by atoms with van der Waals surface area (Å²) in [5, 5.41) is 3.43. The third kappa shape index (κ3) is 2.44. The molecule has 1 aliphatic heterocycles. The molecule has 2 aromatic rings. The van der Waals surface area contributed by atoms with Crippen LogP contribution in [0, 0.1) is 6.92 Å². The first-order chi connectivity index (χ1) is 9.79. The molecule has 1 unspecified atom stereocenters. The smallest absolute Gasteiger partial charge is 0.0432 e. The summed E-state index contributed by atoms with van der Waals surface area (Å²) < 4.78 is 0. The van der Waals surface area contributed by atoms with Crippen molar-refractivity contribution in [1.29, 1.82) is 0 Å². The fraction of sp³-hybridized carbons (Fsp3) is 0.333. The van der Waals surface area contributed by atoms with Crippen LogP contribution >= 0.6 is 0 Å². The van der Waals surface area contributed by atoms with Crippen molar-refractivity contribution in [3.8, 4) is 0 Å². The highest BCUT2D eigenvalue weighted by atomic mass is 15.1. The van der Waals surface area contributed by atoms with Gasteiger partial charge in [0.25, 0.3) is 0 Å². The molecule has 1 heterocycles. The van der Waals surface area contributed by atoms with Crippen LogP contribution in [0.15, 0.2) is 48.5 Å². The lowest BCUT2D eigenvalue weighted by molar-refractivity contribution is 0.516. The molecule has 0 fully saturated rings. The van der Waals surface area contributed by atoms with Crippen molar-refractivity contribution in [2.75, 3.05) is 18.5 Å². The van der Waals surface area contributed by atoms with Gasteiger partial charge in [-0.2, -0.15) is 0 Å². The molecule has 2 aromatic carbocycles. The first-order valence-electron chi connectivity index (χ1n) is 7.35. The maximum atomic E-state index is 3.43. The number of hydrogen-bond acceptors (Lipinski definition) is 2. The van der Waals surface area contributed by atoms with Crippen molar-refractivity contribution in [3.05, 3.63) is 65.2 Å². The van der Waals surface area contributed by atoms with E-state index in [0.29, 0.717) is 6.04 Å².